The number of rotatable bonds is 46. The van der Waals surface area contributed by atoms with E-state index in [1.165, 1.54) is 122 Å². The Labute approximate surface area is 366 Å². The molecule has 350 valence electrons. The molecule has 0 unspecified atom stereocenters. The first-order valence-corrected chi connectivity index (χ1v) is 25.4. The van der Waals surface area contributed by atoms with Crippen LogP contribution in [0.4, 0.5) is 4.79 Å². The van der Waals surface area contributed by atoms with Crippen molar-refractivity contribution in [1.82, 2.24) is 15.1 Å². The second kappa shape index (κ2) is 45.7. The van der Waals surface area contributed by atoms with E-state index < -0.39 is 0 Å². The molecule has 0 aliphatic carbocycles. The quantitative estimate of drug-likeness (QED) is 0.0368. The summed E-state index contributed by atoms with van der Waals surface area (Å²) in [6.45, 7) is 11.8. The van der Waals surface area contributed by atoms with Crippen LogP contribution in [-0.2, 0) is 23.8 Å². The highest BCUT2D eigenvalue weighted by Crippen LogP contribution is 2.19. The van der Waals surface area contributed by atoms with Gasteiger partial charge in [-0.15, -0.1) is 0 Å². The maximum atomic E-state index is 12.8. The van der Waals surface area contributed by atoms with E-state index in [-0.39, 0.29) is 24.1 Å². The zero-order valence-corrected chi connectivity index (χ0v) is 39.9. The maximum absolute atomic E-state index is 12.8. The Kier molecular flexibility index (Phi) is 44.2. The fourth-order valence-corrected chi connectivity index (χ4v) is 7.64. The molecule has 0 aromatic heterocycles. The van der Waals surface area contributed by atoms with E-state index >= 15 is 0 Å². The van der Waals surface area contributed by atoms with E-state index in [4.69, 9.17) is 14.2 Å². The van der Waals surface area contributed by atoms with Gasteiger partial charge in [0.15, 0.2) is 0 Å². The molecule has 0 saturated carbocycles. The fraction of sp³-hybridized carbons (Fsp3) is 0.940. The van der Waals surface area contributed by atoms with E-state index in [0.717, 1.165) is 103 Å². The minimum absolute atomic E-state index is 0.00746. The van der Waals surface area contributed by atoms with Crippen LogP contribution in [0.1, 0.15) is 239 Å². The summed E-state index contributed by atoms with van der Waals surface area (Å²) in [6.07, 6.45) is 38.3. The average Bonchev–Trinajstić information content (AvgIpc) is 3.21. The molecule has 0 aliphatic rings. The summed E-state index contributed by atoms with van der Waals surface area (Å²) in [7, 11) is 4.05. The lowest BCUT2D eigenvalue weighted by Gasteiger charge is -2.22. The van der Waals surface area contributed by atoms with Crippen LogP contribution in [0.3, 0.4) is 0 Å². The van der Waals surface area contributed by atoms with Gasteiger partial charge in [-0.05, 0) is 97.9 Å². The van der Waals surface area contributed by atoms with Crippen molar-refractivity contribution in [3.8, 4) is 0 Å². The number of amides is 1. The van der Waals surface area contributed by atoms with Crippen molar-refractivity contribution in [2.24, 2.45) is 0 Å². The Balaban J connectivity index is 4.49. The average molecular weight is 838 g/mol. The van der Waals surface area contributed by atoms with Crippen molar-refractivity contribution in [3.05, 3.63) is 0 Å². The predicted molar refractivity (Wildman–Crippen MR) is 249 cm³/mol. The van der Waals surface area contributed by atoms with Gasteiger partial charge in [0.2, 0.25) is 0 Å². The molecular weight excluding hydrogens is 739 g/mol. The monoisotopic (exact) mass is 838 g/mol. The Morgan fingerprint density at radius 2 is 0.881 bits per heavy atom. The van der Waals surface area contributed by atoms with Crippen molar-refractivity contribution >= 4 is 18.0 Å². The van der Waals surface area contributed by atoms with Gasteiger partial charge < -0.3 is 24.4 Å². The predicted octanol–water partition coefficient (Wildman–Crippen LogP) is 13.4. The molecule has 0 radical (unpaired) electrons. The third-order valence-electron chi connectivity index (χ3n) is 11.5. The third-order valence-corrected chi connectivity index (χ3v) is 11.5. The zero-order valence-electron chi connectivity index (χ0n) is 39.9. The van der Waals surface area contributed by atoms with E-state index in [9.17, 15) is 14.4 Å². The van der Waals surface area contributed by atoms with E-state index in [2.05, 4.69) is 35.9 Å². The molecule has 9 nitrogen and oxygen atoms in total. The molecule has 0 saturated heterocycles. The number of hydrogen-bond acceptors (Lipinski definition) is 8. The summed E-state index contributed by atoms with van der Waals surface area (Å²) in [4.78, 5) is 41.8. The van der Waals surface area contributed by atoms with E-state index in [1.54, 1.807) is 0 Å². The molecule has 0 aromatic rings. The van der Waals surface area contributed by atoms with Crippen molar-refractivity contribution in [1.29, 1.82) is 0 Å². The zero-order chi connectivity index (χ0) is 43.3. The normalized spacial score (nSPS) is 11.5. The van der Waals surface area contributed by atoms with Crippen LogP contribution in [0.25, 0.3) is 0 Å². The first kappa shape index (κ1) is 57.1. The molecule has 0 bridgehead atoms. The van der Waals surface area contributed by atoms with Gasteiger partial charge >= 0.3 is 18.0 Å². The molecule has 0 spiro atoms. The number of carbonyl (C=O) groups excluding carboxylic acids is 3. The summed E-state index contributed by atoms with van der Waals surface area (Å²) in [6, 6.07) is 0. The summed E-state index contributed by atoms with van der Waals surface area (Å²) in [5.74, 6) is -0.0761. The van der Waals surface area contributed by atoms with Crippen LogP contribution in [0.2, 0.25) is 0 Å². The number of esters is 2. The van der Waals surface area contributed by atoms with Gasteiger partial charge in [-0.1, -0.05) is 162 Å². The number of ether oxygens (including phenoxy) is 3. The second-order valence-corrected chi connectivity index (χ2v) is 17.7. The van der Waals surface area contributed by atoms with Gasteiger partial charge in [-0.3, -0.25) is 14.5 Å². The van der Waals surface area contributed by atoms with E-state index in [0.29, 0.717) is 39.1 Å². The summed E-state index contributed by atoms with van der Waals surface area (Å²) in [5.41, 5.74) is 0. The Hall–Kier alpha value is -1.87. The molecule has 0 heterocycles. The smallest absolute Gasteiger partial charge is 0.407 e. The van der Waals surface area contributed by atoms with Crippen molar-refractivity contribution in [3.63, 3.8) is 0 Å². The molecule has 0 atom stereocenters. The first-order chi connectivity index (χ1) is 28.8. The largest absolute Gasteiger partial charge is 0.466 e. The molecule has 0 rings (SSSR count). The van der Waals surface area contributed by atoms with Gasteiger partial charge in [-0.25, -0.2) is 4.79 Å². The van der Waals surface area contributed by atoms with Gasteiger partial charge in [0.1, 0.15) is 12.7 Å². The summed E-state index contributed by atoms with van der Waals surface area (Å²) in [5, 5.41) is 2.86. The molecular formula is C50H99N3O6. The minimum atomic E-state index is -0.348. The Morgan fingerprint density at radius 1 is 0.441 bits per heavy atom. The van der Waals surface area contributed by atoms with Gasteiger partial charge in [-0.2, -0.15) is 0 Å². The SMILES string of the molecule is CCCCCCCCCCCOC(=O)CCCCCN(CCCCCCCC(=O)OC(CCCCCCCC)CCCCCCCC)CCOC(=O)NCCCN(C)C. The number of nitrogens with zero attached hydrogens (tertiary/aromatic N) is 2. The van der Waals surface area contributed by atoms with Crippen LogP contribution in [-0.4, -0.2) is 94.0 Å². The van der Waals surface area contributed by atoms with Crippen LogP contribution in [0.15, 0.2) is 0 Å². The summed E-state index contributed by atoms with van der Waals surface area (Å²) < 4.78 is 17.1. The molecule has 0 aromatic carbocycles. The number of nitrogens with one attached hydrogen (secondary N) is 1. The van der Waals surface area contributed by atoms with Crippen LogP contribution in [0.5, 0.6) is 0 Å². The van der Waals surface area contributed by atoms with Gasteiger partial charge in [0.05, 0.1) is 6.61 Å². The van der Waals surface area contributed by atoms with Crippen molar-refractivity contribution in [2.45, 2.75) is 245 Å². The van der Waals surface area contributed by atoms with E-state index in [1.807, 2.05) is 14.1 Å². The number of alkyl carbamates (subject to hydrolysis) is 1. The molecule has 0 fully saturated rings. The minimum Gasteiger partial charge on any atom is -0.466 e. The van der Waals surface area contributed by atoms with Crippen LogP contribution < -0.4 is 5.32 Å². The highest BCUT2D eigenvalue weighted by Gasteiger charge is 2.15. The molecule has 1 amide bonds. The second-order valence-electron chi connectivity index (χ2n) is 17.7. The summed E-state index contributed by atoms with van der Waals surface area (Å²) >= 11 is 0. The molecule has 59 heavy (non-hydrogen) atoms. The third kappa shape index (κ3) is 44.0. The van der Waals surface area contributed by atoms with Crippen molar-refractivity contribution < 1.29 is 28.6 Å². The molecule has 9 heteroatoms. The van der Waals surface area contributed by atoms with Crippen LogP contribution >= 0.6 is 0 Å². The van der Waals surface area contributed by atoms with Crippen molar-refractivity contribution in [2.75, 3.05) is 60.0 Å². The number of unbranched alkanes of at least 4 members (excludes halogenated alkanes) is 24. The standard InChI is InChI=1S/C50H99N3O6/c1-6-9-12-15-18-19-20-26-34-45-57-48(54)38-31-27-33-43-53(44-46-58-50(56)51-40-35-41-52(4)5)42-32-25-21-24-30-39-49(55)59-47(36-28-22-16-13-10-7-2)37-29-23-17-14-11-8-3/h47H,6-46H2,1-5H3,(H,51,56). The number of carbonyl (C=O) groups is 3. The lowest BCUT2D eigenvalue weighted by molar-refractivity contribution is -0.150. The topological polar surface area (TPSA) is 97.4 Å². The lowest BCUT2D eigenvalue weighted by Crippen LogP contribution is -2.33. The molecule has 1 N–H and O–H groups in total. The Morgan fingerprint density at radius 3 is 1.41 bits per heavy atom. The Bertz CT molecular complexity index is 903. The van der Waals surface area contributed by atoms with Gasteiger partial charge in [0, 0.05) is 25.9 Å². The van der Waals surface area contributed by atoms with Gasteiger partial charge in [0.25, 0.3) is 0 Å². The highest BCUT2D eigenvalue weighted by molar-refractivity contribution is 5.69. The van der Waals surface area contributed by atoms with Crippen LogP contribution in [0, 0.1) is 0 Å². The highest BCUT2D eigenvalue weighted by atomic mass is 16.6. The number of hydrogen-bond donors (Lipinski definition) is 1. The lowest BCUT2D eigenvalue weighted by atomic mass is 10.0. The maximum Gasteiger partial charge on any atom is 0.407 e. The molecule has 0 aliphatic heterocycles. The first-order valence-electron chi connectivity index (χ1n) is 25.4. The fourth-order valence-electron chi connectivity index (χ4n) is 7.64.